The second-order valence-corrected chi connectivity index (χ2v) is 5.51. The number of aliphatic hydroxyl groups is 1. The number of hydrogen-bond acceptors (Lipinski definition) is 3. The van der Waals surface area contributed by atoms with Crippen molar-refractivity contribution in [3.05, 3.63) is 66.2 Å². The molecule has 0 aliphatic rings. The third-order valence-electron chi connectivity index (χ3n) is 3.70. The molecule has 0 aliphatic heterocycles. The summed E-state index contributed by atoms with van der Waals surface area (Å²) in [5.41, 5.74) is 1.80. The lowest BCUT2D eigenvalue weighted by Crippen LogP contribution is -2.43. The normalized spacial score (nSPS) is 11.8. The van der Waals surface area contributed by atoms with Crippen molar-refractivity contribution in [3.63, 3.8) is 0 Å². The van der Waals surface area contributed by atoms with E-state index in [0.29, 0.717) is 12.5 Å². The monoisotopic (exact) mass is 468 g/mol. The van der Waals surface area contributed by atoms with Crippen LogP contribution in [0.3, 0.4) is 0 Å². The molecule has 0 fully saturated rings. The zero-order valence-corrected chi connectivity index (χ0v) is 17.0. The van der Waals surface area contributed by atoms with Gasteiger partial charge in [0.05, 0.1) is 13.2 Å². The number of para-hydroxylation sites is 1. The summed E-state index contributed by atoms with van der Waals surface area (Å²) >= 11 is 0. The summed E-state index contributed by atoms with van der Waals surface area (Å²) in [4.78, 5) is 16.1. The molecule has 0 heterocycles. The summed E-state index contributed by atoms with van der Waals surface area (Å²) in [6.45, 7) is 0.646. The highest BCUT2D eigenvalue weighted by Gasteiger charge is 2.11. The van der Waals surface area contributed by atoms with E-state index in [9.17, 15) is 9.90 Å². The van der Waals surface area contributed by atoms with Gasteiger partial charge in [0.2, 0.25) is 5.91 Å². The molecule has 1 atom stereocenters. The van der Waals surface area contributed by atoms with Crippen LogP contribution in [-0.4, -0.2) is 43.7 Å². The van der Waals surface area contributed by atoms with Gasteiger partial charge in [-0.15, -0.1) is 24.0 Å². The molecule has 1 amide bonds. The summed E-state index contributed by atoms with van der Waals surface area (Å²) in [7, 11) is 1.64. The van der Waals surface area contributed by atoms with Gasteiger partial charge in [-0.1, -0.05) is 48.5 Å². The first kappa shape index (κ1) is 21.9. The number of amides is 1. The number of nitrogens with one attached hydrogen (secondary N) is 3. The Morgan fingerprint density at radius 1 is 1.04 bits per heavy atom. The number of aliphatic hydroxyl groups excluding tert-OH is 1. The van der Waals surface area contributed by atoms with Gasteiger partial charge >= 0.3 is 0 Å². The Morgan fingerprint density at radius 2 is 1.65 bits per heavy atom. The standard InChI is InChI=1S/C19H24N4O2.HI/c1-20-19(21-12-16(14-24)15-8-4-2-5-9-15)22-13-18(25)23-17-10-6-3-7-11-17;/h2-11,16,24H,12-14H2,1H3,(H,23,25)(H2,20,21,22);1H. The maximum atomic E-state index is 12.0. The molecule has 0 saturated carbocycles. The number of rotatable bonds is 7. The first-order valence-corrected chi connectivity index (χ1v) is 8.18. The van der Waals surface area contributed by atoms with E-state index < -0.39 is 0 Å². The molecule has 0 spiro atoms. The molecule has 0 radical (unpaired) electrons. The largest absolute Gasteiger partial charge is 0.396 e. The first-order valence-electron chi connectivity index (χ1n) is 8.18. The average molecular weight is 468 g/mol. The minimum Gasteiger partial charge on any atom is -0.396 e. The van der Waals surface area contributed by atoms with E-state index in [1.807, 2.05) is 60.7 Å². The third-order valence-corrected chi connectivity index (χ3v) is 3.70. The fourth-order valence-corrected chi connectivity index (χ4v) is 2.34. The Hall–Kier alpha value is -2.13. The smallest absolute Gasteiger partial charge is 0.243 e. The predicted octanol–water partition coefficient (Wildman–Crippen LogP) is 2.18. The second-order valence-electron chi connectivity index (χ2n) is 5.51. The van der Waals surface area contributed by atoms with Crippen molar-refractivity contribution < 1.29 is 9.90 Å². The Labute approximate surface area is 171 Å². The highest BCUT2D eigenvalue weighted by Crippen LogP contribution is 2.13. The fraction of sp³-hybridized carbons (Fsp3) is 0.263. The maximum Gasteiger partial charge on any atom is 0.243 e. The van der Waals surface area contributed by atoms with E-state index in [4.69, 9.17) is 0 Å². The topological polar surface area (TPSA) is 85.8 Å². The number of carbonyl (C=O) groups is 1. The van der Waals surface area contributed by atoms with Crippen molar-refractivity contribution in [2.24, 2.45) is 4.99 Å². The van der Waals surface area contributed by atoms with Crippen molar-refractivity contribution in [1.82, 2.24) is 10.6 Å². The molecule has 0 aliphatic carbocycles. The number of benzene rings is 2. The maximum absolute atomic E-state index is 12.0. The lowest BCUT2D eigenvalue weighted by Gasteiger charge is -2.18. The molecule has 4 N–H and O–H groups in total. The fourth-order valence-electron chi connectivity index (χ4n) is 2.34. The minimum absolute atomic E-state index is 0. The van der Waals surface area contributed by atoms with Gasteiger partial charge in [-0.25, -0.2) is 0 Å². The summed E-state index contributed by atoms with van der Waals surface area (Å²) in [6, 6.07) is 19.1. The van der Waals surface area contributed by atoms with Crippen molar-refractivity contribution >= 4 is 41.5 Å². The molecular weight excluding hydrogens is 443 g/mol. The Balaban J connectivity index is 0.00000338. The number of carbonyl (C=O) groups excluding carboxylic acids is 1. The Bertz CT molecular complexity index is 680. The minimum atomic E-state index is -0.157. The van der Waals surface area contributed by atoms with Crippen LogP contribution in [0.2, 0.25) is 0 Å². The number of guanidine groups is 1. The second kappa shape index (κ2) is 12.3. The SMILES string of the molecule is CN=C(NCC(=O)Nc1ccccc1)NCC(CO)c1ccccc1.I. The highest BCUT2D eigenvalue weighted by atomic mass is 127. The quantitative estimate of drug-likeness (QED) is 0.285. The van der Waals surface area contributed by atoms with Crippen LogP contribution in [0.5, 0.6) is 0 Å². The number of anilines is 1. The van der Waals surface area contributed by atoms with E-state index >= 15 is 0 Å². The Kier molecular flexibility index (Phi) is 10.3. The molecule has 26 heavy (non-hydrogen) atoms. The zero-order valence-electron chi connectivity index (χ0n) is 14.7. The average Bonchev–Trinajstić information content (AvgIpc) is 2.66. The van der Waals surface area contributed by atoms with Gasteiger partial charge < -0.3 is 21.1 Å². The van der Waals surface area contributed by atoms with Gasteiger partial charge in [0.15, 0.2) is 5.96 Å². The Morgan fingerprint density at radius 3 is 2.23 bits per heavy atom. The van der Waals surface area contributed by atoms with Crippen LogP contribution in [0.15, 0.2) is 65.7 Å². The molecule has 2 aromatic carbocycles. The lowest BCUT2D eigenvalue weighted by atomic mass is 10.0. The van der Waals surface area contributed by atoms with Crippen LogP contribution < -0.4 is 16.0 Å². The van der Waals surface area contributed by atoms with Crippen molar-refractivity contribution in [2.45, 2.75) is 5.92 Å². The molecular formula is C19H25IN4O2. The molecule has 0 saturated heterocycles. The van der Waals surface area contributed by atoms with E-state index in [-0.39, 0.29) is 49.0 Å². The highest BCUT2D eigenvalue weighted by molar-refractivity contribution is 14.0. The van der Waals surface area contributed by atoms with E-state index in [2.05, 4.69) is 20.9 Å². The number of hydrogen-bond donors (Lipinski definition) is 4. The van der Waals surface area contributed by atoms with Gasteiger partial charge in [-0.2, -0.15) is 0 Å². The van der Waals surface area contributed by atoms with Crippen molar-refractivity contribution in [1.29, 1.82) is 0 Å². The molecule has 2 aromatic rings. The van der Waals surface area contributed by atoms with Crippen LogP contribution in [0.4, 0.5) is 5.69 Å². The summed E-state index contributed by atoms with van der Waals surface area (Å²) < 4.78 is 0. The summed E-state index contributed by atoms with van der Waals surface area (Å²) in [5.74, 6) is 0.311. The molecule has 140 valence electrons. The van der Waals surface area contributed by atoms with Gasteiger partial charge in [0.25, 0.3) is 0 Å². The first-order chi connectivity index (χ1) is 12.2. The van der Waals surface area contributed by atoms with Gasteiger partial charge in [0, 0.05) is 25.2 Å². The van der Waals surface area contributed by atoms with E-state index in [0.717, 1.165) is 11.3 Å². The van der Waals surface area contributed by atoms with E-state index in [1.165, 1.54) is 0 Å². The van der Waals surface area contributed by atoms with Gasteiger partial charge in [-0.3, -0.25) is 9.79 Å². The molecule has 7 heteroatoms. The van der Waals surface area contributed by atoms with Crippen LogP contribution in [0, 0.1) is 0 Å². The predicted molar refractivity (Wildman–Crippen MR) is 116 cm³/mol. The number of nitrogens with zero attached hydrogens (tertiary/aromatic N) is 1. The summed E-state index contributed by atoms with van der Waals surface area (Å²) in [6.07, 6.45) is 0. The molecule has 0 aromatic heterocycles. The molecule has 2 rings (SSSR count). The summed E-state index contributed by atoms with van der Waals surface area (Å²) in [5, 5.41) is 18.5. The molecule has 6 nitrogen and oxygen atoms in total. The van der Waals surface area contributed by atoms with Crippen LogP contribution in [-0.2, 0) is 4.79 Å². The van der Waals surface area contributed by atoms with Gasteiger partial charge in [-0.05, 0) is 17.7 Å². The van der Waals surface area contributed by atoms with Gasteiger partial charge in [0.1, 0.15) is 0 Å². The van der Waals surface area contributed by atoms with Crippen LogP contribution >= 0.6 is 24.0 Å². The van der Waals surface area contributed by atoms with Crippen molar-refractivity contribution in [3.8, 4) is 0 Å². The van der Waals surface area contributed by atoms with Crippen LogP contribution in [0.25, 0.3) is 0 Å². The number of halogens is 1. The number of aliphatic imine (C=N–C) groups is 1. The zero-order chi connectivity index (χ0) is 17.9. The lowest BCUT2D eigenvalue weighted by molar-refractivity contribution is -0.115. The van der Waals surface area contributed by atoms with Crippen LogP contribution in [0.1, 0.15) is 11.5 Å². The van der Waals surface area contributed by atoms with Crippen molar-refractivity contribution in [2.75, 3.05) is 32.1 Å². The van der Waals surface area contributed by atoms with E-state index in [1.54, 1.807) is 7.05 Å². The molecule has 1 unspecified atom stereocenters. The third kappa shape index (κ3) is 7.40. The molecule has 0 bridgehead atoms.